The van der Waals surface area contributed by atoms with E-state index in [2.05, 4.69) is 27.5 Å². The molecule has 0 radical (unpaired) electrons. The van der Waals surface area contributed by atoms with Crippen molar-refractivity contribution in [1.82, 2.24) is 15.1 Å². The highest BCUT2D eigenvalue weighted by Crippen LogP contribution is 2.29. The molecule has 6 heteroatoms. The Morgan fingerprint density at radius 1 is 1.24 bits per heavy atom. The van der Waals surface area contributed by atoms with E-state index in [1.54, 1.807) is 12.1 Å². The molecule has 2 N–H and O–H groups in total. The first-order valence-electron chi connectivity index (χ1n) is 9.23. The molecule has 2 saturated heterocycles. The van der Waals surface area contributed by atoms with Crippen LogP contribution in [0.2, 0.25) is 0 Å². The van der Waals surface area contributed by atoms with Crippen molar-refractivity contribution in [2.75, 3.05) is 45.1 Å². The third kappa shape index (κ3) is 4.19. The van der Waals surface area contributed by atoms with E-state index in [0.29, 0.717) is 5.69 Å². The van der Waals surface area contributed by atoms with Crippen LogP contribution in [-0.2, 0) is 4.79 Å². The number of anilines is 1. The molecule has 2 aliphatic rings. The van der Waals surface area contributed by atoms with E-state index in [0.717, 1.165) is 52.0 Å². The van der Waals surface area contributed by atoms with Gasteiger partial charge in [0.2, 0.25) is 5.91 Å². The lowest BCUT2D eigenvalue weighted by Crippen LogP contribution is -2.59. The molecule has 25 heavy (non-hydrogen) atoms. The molecule has 0 bridgehead atoms. The quantitative estimate of drug-likeness (QED) is 0.876. The minimum absolute atomic E-state index is 0.0276. The van der Waals surface area contributed by atoms with Crippen LogP contribution >= 0.6 is 0 Å². The summed E-state index contributed by atoms with van der Waals surface area (Å²) in [5.41, 5.74) is 0.799. The lowest BCUT2D eigenvalue weighted by Gasteiger charge is -2.46. The van der Waals surface area contributed by atoms with Crippen LogP contribution in [0.25, 0.3) is 0 Å². The number of hydrogen-bond donors (Lipinski definition) is 2. The topological polar surface area (TPSA) is 47.6 Å². The van der Waals surface area contributed by atoms with E-state index < -0.39 is 0 Å². The average molecular weight is 348 g/mol. The lowest BCUT2D eigenvalue weighted by molar-refractivity contribution is -0.121. The number of nitrogens with zero attached hydrogens (tertiary/aromatic N) is 2. The van der Waals surface area contributed by atoms with Crippen molar-refractivity contribution in [1.29, 1.82) is 0 Å². The number of rotatable bonds is 3. The van der Waals surface area contributed by atoms with Crippen molar-refractivity contribution in [3.8, 4) is 0 Å². The van der Waals surface area contributed by atoms with Crippen LogP contribution < -0.4 is 10.6 Å². The van der Waals surface area contributed by atoms with Gasteiger partial charge < -0.3 is 10.6 Å². The Hall–Kier alpha value is -1.50. The molecule has 0 saturated carbocycles. The second kappa shape index (κ2) is 7.81. The second-order valence-corrected chi connectivity index (χ2v) is 7.39. The van der Waals surface area contributed by atoms with Crippen LogP contribution in [0.4, 0.5) is 10.1 Å². The zero-order chi connectivity index (χ0) is 17.9. The third-order valence-electron chi connectivity index (χ3n) is 5.82. The monoisotopic (exact) mass is 348 g/mol. The number of carbonyl (C=O) groups is 1. The van der Waals surface area contributed by atoms with Crippen molar-refractivity contribution in [3.63, 3.8) is 0 Å². The molecular formula is C19H29FN4O. The summed E-state index contributed by atoms with van der Waals surface area (Å²) in [5, 5.41) is 6.36. The first kappa shape index (κ1) is 18.3. The van der Waals surface area contributed by atoms with Gasteiger partial charge in [0.15, 0.2) is 0 Å². The molecule has 1 aromatic carbocycles. The molecular weight excluding hydrogens is 319 g/mol. The standard InChI is InChI=1S/C19H29FN4O/c1-15(18(25)22-17-6-4-16(20)5-7-17)24-13-3-12-23(2)19(14-24)8-10-21-11-9-19/h4-7,15,21H,3,8-14H2,1-2H3,(H,22,25). The van der Waals surface area contributed by atoms with Gasteiger partial charge in [-0.05, 0) is 77.1 Å². The number of piperidine rings is 1. The molecule has 0 aromatic heterocycles. The normalized spacial score (nSPS) is 23.2. The first-order valence-corrected chi connectivity index (χ1v) is 9.23. The summed E-state index contributed by atoms with van der Waals surface area (Å²) in [4.78, 5) is 17.5. The molecule has 2 heterocycles. The summed E-state index contributed by atoms with van der Waals surface area (Å²) in [7, 11) is 2.22. The number of hydrogen-bond acceptors (Lipinski definition) is 4. The van der Waals surface area contributed by atoms with Gasteiger partial charge in [-0.3, -0.25) is 14.6 Å². The predicted octanol–water partition coefficient (Wildman–Crippen LogP) is 1.91. The smallest absolute Gasteiger partial charge is 0.241 e. The maximum Gasteiger partial charge on any atom is 0.241 e. The van der Waals surface area contributed by atoms with Gasteiger partial charge in [-0.15, -0.1) is 0 Å². The summed E-state index contributed by atoms with van der Waals surface area (Å²) < 4.78 is 13.0. The zero-order valence-corrected chi connectivity index (χ0v) is 15.2. The average Bonchev–Trinajstić information content (AvgIpc) is 2.77. The summed E-state index contributed by atoms with van der Waals surface area (Å²) in [5.74, 6) is -0.324. The van der Waals surface area contributed by atoms with Gasteiger partial charge in [0, 0.05) is 24.3 Å². The Balaban J connectivity index is 1.68. The molecule has 1 spiro atoms. The highest BCUT2D eigenvalue weighted by atomic mass is 19.1. The number of carbonyl (C=O) groups excluding carboxylic acids is 1. The van der Waals surface area contributed by atoms with Gasteiger partial charge in [0.05, 0.1) is 6.04 Å². The number of likely N-dealkylation sites (N-methyl/N-ethyl adjacent to an activating group) is 1. The molecule has 0 aliphatic carbocycles. The molecule has 1 atom stereocenters. The van der Waals surface area contributed by atoms with Crippen LogP contribution in [-0.4, -0.2) is 67.1 Å². The zero-order valence-electron chi connectivity index (χ0n) is 15.2. The highest BCUT2D eigenvalue weighted by molar-refractivity contribution is 5.94. The number of amides is 1. The van der Waals surface area contributed by atoms with Gasteiger partial charge in [0.1, 0.15) is 5.82 Å². The Morgan fingerprint density at radius 3 is 2.60 bits per heavy atom. The van der Waals surface area contributed by atoms with Gasteiger partial charge in [-0.25, -0.2) is 4.39 Å². The fraction of sp³-hybridized carbons (Fsp3) is 0.632. The summed E-state index contributed by atoms with van der Waals surface area (Å²) in [6.45, 7) is 6.96. The van der Waals surface area contributed by atoms with Crippen LogP contribution in [0.3, 0.4) is 0 Å². The van der Waals surface area contributed by atoms with E-state index in [1.807, 2.05) is 6.92 Å². The Bertz CT molecular complexity index is 586. The molecule has 5 nitrogen and oxygen atoms in total. The van der Waals surface area contributed by atoms with E-state index in [9.17, 15) is 9.18 Å². The molecule has 138 valence electrons. The van der Waals surface area contributed by atoms with Crippen LogP contribution in [0.1, 0.15) is 26.2 Å². The van der Waals surface area contributed by atoms with E-state index in [-0.39, 0.29) is 23.3 Å². The number of halogens is 1. The van der Waals surface area contributed by atoms with Crippen LogP contribution in [0.15, 0.2) is 24.3 Å². The fourth-order valence-electron chi connectivity index (χ4n) is 4.03. The largest absolute Gasteiger partial charge is 0.325 e. The number of benzene rings is 1. The van der Waals surface area contributed by atoms with Gasteiger partial charge in [-0.2, -0.15) is 0 Å². The van der Waals surface area contributed by atoms with E-state index in [4.69, 9.17) is 0 Å². The van der Waals surface area contributed by atoms with E-state index >= 15 is 0 Å². The van der Waals surface area contributed by atoms with Gasteiger partial charge >= 0.3 is 0 Å². The second-order valence-electron chi connectivity index (χ2n) is 7.39. The fourth-order valence-corrected chi connectivity index (χ4v) is 4.03. The predicted molar refractivity (Wildman–Crippen MR) is 98.1 cm³/mol. The maximum atomic E-state index is 13.0. The minimum atomic E-state index is -0.297. The van der Waals surface area contributed by atoms with Crippen molar-refractivity contribution >= 4 is 11.6 Å². The third-order valence-corrected chi connectivity index (χ3v) is 5.82. The van der Waals surface area contributed by atoms with Crippen LogP contribution in [0, 0.1) is 5.82 Å². The lowest BCUT2D eigenvalue weighted by atomic mass is 9.86. The first-order chi connectivity index (χ1) is 12.0. The van der Waals surface area contributed by atoms with Gasteiger partial charge in [0.25, 0.3) is 0 Å². The Morgan fingerprint density at radius 2 is 1.92 bits per heavy atom. The van der Waals surface area contributed by atoms with Gasteiger partial charge in [-0.1, -0.05) is 0 Å². The Labute approximate surface area is 149 Å². The Kier molecular flexibility index (Phi) is 5.71. The molecule has 3 rings (SSSR count). The van der Waals surface area contributed by atoms with Crippen molar-refractivity contribution in [2.45, 2.75) is 37.8 Å². The van der Waals surface area contributed by atoms with Crippen molar-refractivity contribution in [3.05, 3.63) is 30.1 Å². The van der Waals surface area contributed by atoms with Crippen molar-refractivity contribution < 1.29 is 9.18 Å². The summed E-state index contributed by atoms with van der Waals surface area (Å²) >= 11 is 0. The van der Waals surface area contributed by atoms with E-state index in [1.165, 1.54) is 12.1 Å². The summed E-state index contributed by atoms with van der Waals surface area (Å²) in [6.07, 6.45) is 3.30. The molecule has 1 amide bonds. The molecule has 1 aromatic rings. The SMILES string of the molecule is CC(C(=O)Nc1ccc(F)cc1)N1CCCN(C)C2(CCNCC2)C1. The number of nitrogens with one attached hydrogen (secondary N) is 2. The molecule has 2 fully saturated rings. The summed E-state index contributed by atoms with van der Waals surface area (Å²) in [6, 6.07) is 5.73. The van der Waals surface area contributed by atoms with Crippen molar-refractivity contribution in [2.24, 2.45) is 0 Å². The minimum Gasteiger partial charge on any atom is -0.325 e. The molecule has 2 aliphatic heterocycles. The highest BCUT2D eigenvalue weighted by Gasteiger charge is 2.40. The molecule has 1 unspecified atom stereocenters. The maximum absolute atomic E-state index is 13.0. The van der Waals surface area contributed by atoms with Crippen LogP contribution in [0.5, 0.6) is 0 Å².